The van der Waals surface area contributed by atoms with Crippen molar-refractivity contribution in [3.05, 3.63) is 107 Å². The highest BCUT2D eigenvalue weighted by Gasteiger charge is 2.26. The number of anilines is 2. The number of ketones is 1. The van der Waals surface area contributed by atoms with Gasteiger partial charge in [-0.3, -0.25) is 4.79 Å². The molecule has 0 saturated carbocycles. The number of ether oxygens (including phenoxy) is 3. The molecule has 10 nitrogen and oxygen atoms in total. The predicted molar refractivity (Wildman–Crippen MR) is 291 cm³/mol. The number of nitrogen functional groups attached to an aromatic ring is 2. The monoisotopic (exact) mass is 957 g/mol. The Balaban J connectivity index is 1.36. The second kappa shape index (κ2) is 30.2. The van der Waals surface area contributed by atoms with Crippen molar-refractivity contribution in [2.75, 3.05) is 63.9 Å². The van der Waals surface area contributed by atoms with Crippen molar-refractivity contribution < 1.29 is 28.2 Å². The molecule has 0 spiro atoms. The molecule has 1 aromatic heterocycles. The molecular formula is C60H84N4O6. The summed E-state index contributed by atoms with van der Waals surface area (Å²) in [5.41, 5.74) is 18.9. The second-order valence-corrected chi connectivity index (χ2v) is 18.8. The summed E-state index contributed by atoms with van der Waals surface area (Å²) < 4.78 is 25.1. The number of carbonyl (C=O) groups is 2. The van der Waals surface area contributed by atoms with Gasteiger partial charge in [0.2, 0.25) is 0 Å². The summed E-state index contributed by atoms with van der Waals surface area (Å²) in [7, 11) is 0. The fourth-order valence-corrected chi connectivity index (χ4v) is 8.90. The summed E-state index contributed by atoms with van der Waals surface area (Å²) in [5, 5.41) is 0.869. The normalized spacial score (nSPS) is 11.9. The van der Waals surface area contributed by atoms with Gasteiger partial charge in [0, 0.05) is 59.0 Å². The first kappa shape index (κ1) is 55.3. The lowest BCUT2D eigenvalue weighted by Gasteiger charge is -2.21. The first-order valence-electron chi connectivity index (χ1n) is 26.7. The Hall–Kier alpha value is -5.58. The number of fused-ring (bicyclic) bond motifs is 1. The SMILES string of the molecule is CCCC/C(=C(\CCC)C(=O)Cc1ccc(N)cc1OC(=O)c1ccc(OCCCN(CCCC)CCCC)cc1)c1c(-c2ccc(OCCCN(CCCC)CCCC)cc2)oc2ccc(N)cc12. The lowest BCUT2D eigenvalue weighted by Crippen LogP contribution is -2.28. The lowest BCUT2D eigenvalue weighted by atomic mass is 9.86. The van der Waals surface area contributed by atoms with Gasteiger partial charge in [-0.15, -0.1) is 0 Å². The van der Waals surface area contributed by atoms with E-state index in [0.717, 1.165) is 105 Å². The number of hydrogen-bond donors (Lipinski definition) is 2. The minimum absolute atomic E-state index is 0.0171. The molecule has 380 valence electrons. The van der Waals surface area contributed by atoms with Crippen molar-refractivity contribution in [3.63, 3.8) is 0 Å². The first-order valence-corrected chi connectivity index (χ1v) is 26.7. The molecular weight excluding hydrogens is 873 g/mol. The van der Waals surface area contributed by atoms with Crippen molar-refractivity contribution >= 4 is 39.7 Å². The Kier molecular flexibility index (Phi) is 23.9. The number of allylic oxidation sites excluding steroid dienone is 2. The Morgan fingerprint density at radius 2 is 1.07 bits per heavy atom. The summed E-state index contributed by atoms with van der Waals surface area (Å²) in [5.74, 6) is 1.87. The number of benzene rings is 4. The molecule has 0 aliphatic carbocycles. The molecule has 5 rings (SSSR count). The zero-order valence-electron chi connectivity index (χ0n) is 43.6. The maximum Gasteiger partial charge on any atom is 0.343 e. The molecule has 10 heteroatoms. The summed E-state index contributed by atoms with van der Waals surface area (Å²) in [6.07, 6.45) is 15.3. The van der Waals surface area contributed by atoms with Crippen LogP contribution in [0.5, 0.6) is 17.2 Å². The van der Waals surface area contributed by atoms with E-state index in [-0.39, 0.29) is 18.0 Å². The van der Waals surface area contributed by atoms with Crippen molar-refractivity contribution in [2.45, 2.75) is 144 Å². The summed E-state index contributed by atoms with van der Waals surface area (Å²) in [4.78, 5) is 33.7. The van der Waals surface area contributed by atoms with E-state index in [4.69, 9.17) is 30.1 Å². The highest BCUT2D eigenvalue weighted by Crippen LogP contribution is 2.43. The molecule has 4 aromatic carbocycles. The van der Waals surface area contributed by atoms with Crippen LogP contribution in [0, 0.1) is 0 Å². The quantitative estimate of drug-likeness (QED) is 0.0135. The molecule has 0 saturated heterocycles. The Morgan fingerprint density at radius 1 is 0.557 bits per heavy atom. The van der Waals surface area contributed by atoms with Crippen LogP contribution in [0.2, 0.25) is 0 Å². The molecule has 0 atom stereocenters. The average molecular weight is 957 g/mol. The third-order valence-electron chi connectivity index (χ3n) is 12.9. The second-order valence-electron chi connectivity index (χ2n) is 18.8. The number of rotatable bonds is 34. The van der Waals surface area contributed by atoms with Crippen LogP contribution in [0.15, 0.2) is 94.9 Å². The van der Waals surface area contributed by atoms with Gasteiger partial charge in [0.15, 0.2) is 5.78 Å². The van der Waals surface area contributed by atoms with Crippen LogP contribution < -0.4 is 25.7 Å². The maximum atomic E-state index is 14.9. The topological polar surface area (TPSA) is 133 Å². The van der Waals surface area contributed by atoms with Crippen LogP contribution in [0.1, 0.15) is 159 Å². The number of esters is 1. The lowest BCUT2D eigenvalue weighted by molar-refractivity contribution is -0.115. The van der Waals surface area contributed by atoms with Gasteiger partial charge in [-0.05, 0) is 168 Å². The van der Waals surface area contributed by atoms with Gasteiger partial charge in [-0.2, -0.15) is 0 Å². The number of Topliss-reactive ketones (excluding diaryl/α,β-unsaturated/α-hetero) is 1. The fourth-order valence-electron chi connectivity index (χ4n) is 8.90. The molecule has 5 aromatic rings. The van der Waals surface area contributed by atoms with Crippen molar-refractivity contribution in [3.8, 4) is 28.6 Å². The van der Waals surface area contributed by atoms with Crippen molar-refractivity contribution in [1.82, 2.24) is 9.80 Å². The standard InChI is InChI=1S/C60H84N4O6/c1-7-13-21-53(58-54-43-48(61)28-33-56(54)69-59(58)45-23-29-50(30-24-45)67-40-18-38-63(34-14-8-2)35-15-9-3)52(20-12-6)55(65)42-47-22-27-49(62)44-57(47)70-60(66)46-25-31-51(32-26-46)68-41-19-39-64(36-16-10-4)37-17-11-5/h22-33,43-44H,7-21,34-42,61-62H2,1-6H3/b53-52-. The van der Waals surface area contributed by atoms with Crippen molar-refractivity contribution in [1.29, 1.82) is 0 Å². The van der Waals surface area contributed by atoms with E-state index < -0.39 is 5.97 Å². The molecule has 0 fully saturated rings. The number of furan rings is 1. The molecule has 0 unspecified atom stereocenters. The van der Waals surface area contributed by atoms with E-state index in [1.807, 2.05) is 42.5 Å². The van der Waals surface area contributed by atoms with Crippen LogP contribution in [0.25, 0.3) is 27.9 Å². The highest BCUT2D eigenvalue weighted by molar-refractivity contribution is 6.09. The van der Waals surface area contributed by atoms with Gasteiger partial charge in [0.05, 0.1) is 18.8 Å². The highest BCUT2D eigenvalue weighted by atomic mass is 16.5. The molecule has 4 N–H and O–H groups in total. The fraction of sp³-hybridized carbons (Fsp3) is 0.500. The summed E-state index contributed by atoms with van der Waals surface area (Å²) in [6, 6.07) is 26.0. The van der Waals surface area contributed by atoms with Crippen molar-refractivity contribution in [2.24, 2.45) is 0 Å². The smallest absolute Gasteiger partial charge is 0.343 e. The summed E-state index contributed by atoms with van der Waals surface area (Å²) in [6.45, 7) is 21.0. The number of nitrogens with two attached hydrogens (primary N) is 2. The van der Waals surface area contributed by atoms with E-state index in [2.05, 4.69) is 51.3 Å². The van der Waals surface area contributed by atoms with Crippen LogP contribution in [-0.2, 0) is 11.2 Å². The molecule has 70 heavy (non-hydrogen) atoms. The number of nitrogens with zero attached hydrogens (tertiary/aromatic N) is 2. The minimum atomic E-state index is -0.540. The van der Waals surface area contributed by atoms with Crippen LogP contribution in [0.4, 0.5) is 11.4 Å². The van der Waals surface area contributed by atoms with E-state index in [1.165, 1.54) is 51.4 Å². The Morgan fingerprint density at radius 3 is 1.61 bits per heavy atom. The maximum absolute atomic E-state index is 14.9. The Bertz CT molecular complexity index is 2350. The molecule has 0 radical (unpaired) electrons. The van der Waals surface area contributed by atoms with Gasteiger partial charge in [-0.1, -0.05) is 86.1 Å². The van der Waals surface area contributed by atoms with Gasteiger partial charge < -0.3 is 39.9 Å². The molecule has 0 bridgehead atoms. The molecule has 1 heterocycles. The number of carbonyl (C=O) groups excluding carboxylic acids is 2. The third kappa shape index (κ3) is 17.1. The molecule has 0 aliphatic rings. The van der Waals surface area contributed by atoms with Crippen LogP contribution in [-0.4, -0.2) is 74.0 Å². The first-order chi connectivity index (χ1) is 34.1. The summed E-state index contributed by atoms with van der Waals surface area (Å²) >= 11 is 0. The van der Waals surface area contributed by atoms with E-state index in [9.17, 15) is 9.59 Å². The van der Waals surface area contributed by atoms with Gasteiger partial charge in [0.1, 0.15) is 28.6 Å². The van der Waals surface area contributed by atoms with E-state index in [1.54, 1.807) is 42.5 Å². The Labute approximate surface area is 420 Å². The van der Waals surface area contributed by atoms with E-state index in [0.29, 0.717) is 65.6 Å². The van der Waals surface area contributed by atoms with Gasteiger partial charge >= 0.3 is 5.97 Å². The van der Waals surface area contributed by atoms with E-state index >= 15 is 0 Å². The van der Waals surface area contributed by atoms with Crippen LogP contribution in [0.3, 0.4) is 0 Å². The van der Waals surface area contributed by atoms with Gasteiger partial charge in [-0.25, -0.2) is 4.79 Å². The molecule has 0 aliphatic heterocycles. The number of hydrogen-bond acceptors (Lipinski definition) is 10. The largest absolute Gasteiger partial charge is 0.494 e. The average Bonchev–Trinajstić information content (AvgIpc) is 3.74. The van der Waals surface area contributed by atoms with Gasteiger partial charge in [0.25, 0.3) is 0 Å². The molecule has 0 amide bonds. The zero-order valence-corrected chi connectivity index (χ0v) is 43.6. The van der Waals surface area contributed by atoms with Crippen LogP contribution >= 0.6 is 0 Å². The minimum Gasteiger partial charge on any atom is -0.494 e. The zero-order chi connectivity index (χ0) is 50.1. The number of unbranched alkanes of at least 4 members (excludes halogenated alkanes) is 5. The third-order valence-corrected chi connectivity index (χ3v) is 12.9. The predicted octanol–water partition coefficient (Wildman–Crippen LogP) is 14.4.